The van der Waals surface area contributed by atoms with E-state index >= 15 is 0 Å². The second-order valence-corrected chi connectivity index (χ2v) is 4.75. The summed E-state index contributed by atoms with van der Waals surface area (Å²) in [4.78, 5) is 9.01. The van der Waals surface area contributed by atoms with Crippen LogP contribution in [0.4, 0.5) is 5.82 Å². The van der Waals surface area contributed by atoms with E-state index in [0.29, 0.717) is 19.7 Å². The van der Waals surface area contributed by atoms with E-state index in [4.69, 9.17) is 4.74 Å². The second-order valence-electron chi connectivity index (χ2n) is 4.75. The first-order valence-electron chi connectivity index (χ1n) is 6.99. The number of aliphatic imine (C=N–C) groups is 1. The number of nitrogens with zero attached hydrogens (tertiary/aromatic N) is 5. The first kappa shape index (κ1) is 13.7. The highest BCUT2D eigenvalue weighted by Gasteiger charge is 2.23. The van der Waals surface area contributed by atoms with Crippen LogP contribution in [0.15, 0.2) is 23.5 Å². The van der Waals surface area contributed by atoms with Crippen molar-refractivity contribution in [2.24, 2.45) is 4.99 Å². The van der Waals surface area contributed by atoms with Crippen LogP contribution in [-0.2, 0) is 17.8 Å². The standard InChI is InChI=1S/C14H18N6O/c1-3-15-14-12-10(4-5-16-14)8-17-13(12)11-9-20(19-18-11)6-7-21-2/h4-5,9H,3,6-8H2,1-2H3,(H,15,16). The van der Waals surface area contributed by atoms with E-state index in [1.807, 2.05) is 25.4 Å². The number of methoxy groups -OCH3 is 1. The number of fused-ring (bicyclic) bond motifs is 1. The molecule has 0 aromatic carbocycles. The van der Waals surface area contributed by atoms with E-state index in [-0.39, 0.29) is 0 Å². The third kappa shape index (κ3) is 2.64. The van der Waals surface area contributed by atoms with E-state index in [1.165, 1.54) is 5.56 Å². The monoisotopic (exact) mass is 286 g/mol. The summed E-state index contributed by atoms with van der Waals surface area (Å²) >= 11 is 0. The molecule has 3 rings (SSSR count). The highest BCUT2D eigenvalue weighted by atomic mass is 16.5. The van der Waals surface area contributed by atoms with Gasteiger partial charge in [-0.2, -0.15) is 0 Å². The third-order valence-corrected chi connectivity index (χ3v) is 3.33. The molecule has 2 aromatic rings. The summed E-state index contributed by atoms with van der Waals surface area (Å²) in [6.07, 6.45) is 3.71. The summed E-state index contributed by atoms with van der Waals surface area (Å²) in [6, 6.07) is 2.00. The van der Waals surface area contributed by atoms with Gasteiger partial charge in [-0.15, -0.1) is 5.10 Å². The molecular weight excluding hydrogens is 268 g/mol. The SMILES string of the molecule is CCNc1nccc2c1C(c1cn(CCOC)nn1)=NC2. The van der Waals surface area contributed by atoms with Crippen LogP contribution < -0.4 is 5.32 Å². The van der Waals surface area contributed by atoms with Crippen LogP contribution in [0, 0.1) is 0 Å². The molecule has 0 radical (unpaired) electrons. The van der Waals surface area contributed by atoms with Crippen molar-refractivity contribution in [3.8, 4) is 0 Å². The number of pyridine rings is 1. The van der Waals surface area contributed by atoms with E-state index in [2.05, 4.69) is 25.6 Å². The fourth-order valence-electron chi connectivity index (χ4n) is 2.35. The fraction of sp³-hybridized carbons (Fsp3) is 0.429. The fourth-order valence-corrected chi connectivity index (χ4v) is 2.35. The maximum atomic E-state index is 5.05. The minimum atomic E-state index is 0.607. The summed E-state index contributed by atoms with van der Waals surface area (Å²) in [6.45, 7) is 4.81. The Balaban J connectivity index is 1.91. The van der Waals surface area contributed by atoms with Gasteiger partial charge in [-0.1, -0.05) is 5.21 Å². The number of nitrogens with one attached hydrogen (secondary N) is 1. The lowest BCUT2D eigenvalue weighted by Crippen LogP contribution is -2.09. The highest BCUT2D eigenvalue weighted by molar-refractivity contribution is 6.16. The van der Waals surface area contributed by atoms with E-state index < -0.39 is 0 Å². The molecule has 0 saturated carbocycles. The Kier molecular flexibility index (Phi) is 3.92. The van der Waals surface area contributed by atoms with Gasteiger partial charge in [0.1, 0.15) is 11.5 Å². The van der Waals surface area contributed by atoms with Crippen molar-refractivity contribution in [1.82, 2.24) is 20.0 Å². The van der Waals surface area contributed by atoms with Crippen molar-refractivity contribution in [2.75, 3.05) is 25.6 Å². The molecular formula is C14H18N6O. The summed E-state index contributed by atoms with van der Waals surface area (Å²) in [5.41, 5.74) is 3.84. The lowest BCUT2D eigenvalue weighted by Gasteiger charge is -2.08. The number of ether oxygens (including phenoxy) is 1. The Bertz CT molecular complexity index is 663. The van der Waals surface area contributed by atoms with Crippen molar-refractivity contribution >= 4 is 11.5 Å². The van der Waals surface area contributed by atoms with E-state index in [0.717, 1.165) is 29.3 Å². The molecule has 21 heavy (non-hydrogen) atoms. The van der Waals surface area contributed by atoms with Crippen LogP contribution in [0.3, 0.4) is 0 Å². The van der Waals surface area contributed by atoms with Gasteiger partial charge in [-0.05, 0) is 18.6 Å². The maximum Gasteiger partial charge on any atom is 0.135 e. The second kappa shape index (κ2) is 6.01. The zero-order valence-corrected chi connectivity index (χ0v) is 12.2. The molecule has 7 heteroatoms. The minimum Gasteiger partial charge on any atom is -0.383 e. The number of hydrogen-bond donors (Lipinski definition) is 1. The van der Waals surface area contributed by atoms with Crippen LogP contribution in [0.1, 0.15) is 23.7 Å². The molecule has 3 heterocycles. The third-order valence-electron chi connectivity index (χ3n) is 3.33. The largest absolute Gasteiger partial charge is 0.383 e. The predicted octanol–water partition coefficient (Wildman–Crippen LogP) is 1.10. The Hall–Kier alpha value is -2.28. The van der Waals surface area contributed by atoms with Gasteiger partial charge in [0.05, 0.1) is 31.6 Å². The van der Waals surface area contributed by atoms with Crippen molar-refractivity contribution in [3.63, 3.8) is 0 Å². The molecule has 1 N–H and O–H groups in total. The average Bonchev–Trinajstić information content (AvgIpc) is 3.12. The van der Waals surface area contributed by atoms with Gasteiger partial charge in [0.2, 0.25) is 0 Å². The normalized spacial score (nSPS) is 13.1. The van der Waals surface area contributed by atoms with Crippen molar-refractivity contribution < 1.29 is 4.74 Å². The number of rotatable bonds is 6. The predicted molar refractivity (Wildman–Crippen MR) is 79.6 cm³/mol. The van der Waals surface area contributed by atoms with Crippen molar-refractivity contribution in [2.45, 2.75) is 20.0 Å². The molecule has 7 nitrogen and oxygen atoms in total. The molecule has 0 aliphatic carbocycles. The van der Waals surface area contributed by atoms with Crippen LogP contribution in [0.2, 0.25) is 0 Å². The molecule has 1 aliphatic rings. The van der Waals surface area contributed by atoms with Crippen LogP contribution in [0.25, 0.3) is 0 Å². The molecule has 0 bridgehead atoms. The van der Waals surface area contributed by atoms with Crippen LogP contribution in [0.5, 0.6) is 0 Å². The first-order valence-corrected chi connectivity index (χ1v) is 6.99. The maximum absolute atomic E-state index is 5.05. The summed E-state index contributed by atoms with van der Waals surface area (Å²) in [7, 11) is 1.67. The Labute approximate surface area is 123 Å². The van der Waals surface area contributed by atoms with Gasteiger partial charge < -0.3 is 10.1 Å². The Morgan fingerprint density at radius 3 is 3.14 bits per heavy atom. The topological polar surface area (TPSA) is 77.2 Å². The van der Waals surface area contributed by atoms with Crippen molar-refractivity contribution in [3.05, 3.63) is 35.3 Å². The molecule has 0 amide bonds. The van der Waals surface area contributed by atoms with Crippen LogP contribution >= 0.6 is 0 Å². The number of hydrogen-bond acceptors (Lipinski definition) is 6. The van der Waals surface area contributed by atoms with Gasteiger partial charge in [-0.3, -0.25) is 4.99 Å². The molecule has 0 spiro atoms. The molecule has 0 fully saturated rings. The molecule has 2 aromatic heterocycles. The first-order chi connectivity index (χ1) is 10.3. The molecule has 110 valence electrons. The quantitative estimate of drug-likeness (QED) is 0.860. The Morgan fingerprint density at radius 2 is 2.33 bits per heavy atom. The van der Waals surface area contributed by atoms with Gasteiger partial charge in [-0.25, -0.2) is 9.67 Å². The van der Waals surface area contributed by atoms with Gasteiger partial charge in [0, 0.05) is 25.4 Å². The van der Waals surface area contributed by atoms with E-state index in [9.17, 15) is 0 Å². The lowest BCUT2D eigenvalue weighted by molar-refractivity contribution is 0.183. The number of aromatic nitrogens is 4. The summed E-state index contributed by atoms with van der Waals surface area (Å²) in [5.74, 6) is 0.859. The Morgan fingerprint density at radius 1 is 1.43 bits per heavy atom. The molecule has 1 aliphatic heterocycles. The highest BCUT2D eigenvalue weighted by Crippen LogP contribution is 2.27. The zero-order chi connectivity index (χ0) is 14.7. The van der Waals surface area contributed by atoms with Gasteiger partial charge in [0.15, 0.2) is 0 Å². The zero-order valence-electron chi connectivity index (χ0n) is 12.2. The summed E-state index contributed by atoms with van der Waals surface area (Å²) < 4.78 is 6.82. The number of anilines is 1. The average molecular weight is 286 g/mol. The van der Waals surface area contributed by atoms with Crippen LogP contribution in [-0.4, -0.2) is 46.0 Å². The lowest BCUT2D eigenvalue weighted by atomic mass is 10.1. The van der Waals surface area contributed by atoms with Gasteiger partial charge >= 0.3 is 0 Å². The molecule has 0 saturated heterocycles. The molecule has 0 atom stereocenters. The minimum absolute atomic E-state index is 0.607. The van der Waals surface area contributed by atoms with E-state index in [1.54, 1.807) is 11.8 Å². The smallest absolute Gasteiger partial charge is 0.135 e. The molecule has 0 unspecified atom stereocenters. The van der Waals surface area contributed by atoms with Gasteiger partial charge in [0.25, 0.3) is 0 Å². The summed E-state index contributed by atoms with van der Waals surface area (Å²) in [5, 5.41) is 11.6. The van der Waals surface area contributed by atoms with Crippen molar-refractivity contribution in [1.29, 1.82) is 0 Å².